The summed E-state index contributed by atoms with van der Waals surface area (Å²) >= 11 is 0. The molecule has 0 saturated carbocycles. The standard InChI is InChI=1S/C24H30N2O4/c1-15-21(24(28)30-14-18-6-5-13-29-18)22(16-9-11-17(12-10-16)26(2)3)23-19(25-15)7-4-8-20(23)27/h9-12,18,22,25H,4-8,13-14H2,1-3H3/t18-,22+/m1/s1. The molecule has 1 fully saturated rings. The van der Waals surface area contributed by atoms with E-state index in [2.05, 4.69) is 5.32 Å². The van der Waals surface area contributed by atoms with Crippen molar-refractivity contribution in [1.29, 1.82) is 0 Å². The molecule has 4 rings (SSSR count). The Balaban J connectivity index is 1.68. The van der Waals surface area contributed by atoms with E-state index in [0.717, 1.165) is 54.9 Å². The predicted octanol–water partition coefficient (Wildman–Crippen LogP) is 3.44. The minimum atomic E-state index is -0.401. The number of carbonyl (C=O) groups is 2. The average molecular weight is 411 g/mol. The van der Waals surface area contributed by atoms with Gasteiger partial charge in [0, 0.05) is 55.7 Å². The van der Waals surface area contributed by atoms with Crippen LogP contribution in [-0.4, -0.2) is 45.2 Å². The number of rotatable bonds is 5. The maximum Gasteiger partial charge on any atom is 0.336 e. The third-order valence-electron chi connectivity index (χ3n) is 6.16. The highest BCUT2D eigenvalue weighted by Crippen LogP contribution is 2.42. The molecule has 160 valence electrons. The summed E-state index contributed by atoms with van der Waals surface area (Å²) in [7, 11) is 3.98. The van der Waals surface area contributed by atoms with Crippen molar-refractivity contribution in [3.8, 4) is 0 Å². The molecule has 6 heteroatoms. The number of anilines is 1. The number of nitrogens with one attached hydrogen (secondary N) is 1. The molecule has 0 radical (unpaired) electrons. The fourth-order valence-corrected chi connectivity index (χ4v) is 4.57. The first-order chi connectivity index (χ1) is 14.5. The minimum absolute atomic E-state index is 0.0321. The summed E-state index contributed by atoms with van der Waals surface area (Å²) < 4.78 is 11.3. The number of hydrogen-bond donors (Lipinski definition) is 1. The largest absolute Gasteiger partial charge is 0.459 e. The number of Topliss-reactive ketones (excluding diaryl/α,β-unsaturated/α-hetero) is 1. The maximum atomic E-state index is 13.2. The van der Waals surface area contributed by atoms with Gasteiger partial charge in [0.05, 0.1) is 11.7 Å². The van der Waals surface area contributed by atoms with Gasteiger partial charge in [0.25, 0.3) is 0 Å². The number of allylic oxidation sites excluding steroid dienone is 3. The van der Waals surface area contributed by atoms with Gasteiger partial charge in [-0.2, -0.15) is 0 Å². The Morgan fingerprint density at radius 2 is 1.97 bits per heavy atom. The molecule has 3 aliphatic rings. The molecule has 1 N–H and O–H groups in total. The van der Waals surface area contributed by atoms with Crippen molar-refractivity contribution < 1.29 is 19.1 Å². The topological polar surface area (TPSA) is 67.9 Å². The van der Waals surface area contributed by atoms with Gasteiger partial charge in [-0.1, -0.05) is 12.1 Å². The number of dihydropyridines is 1. The Morgan fingerprint density at radius 3 is 2.63 bits per heavy atom. The van der Waals surface area contributed by atoms with Crippen LogP contribution in [0.5, 0.6) is 0 Å². The summed E-state index contributed by atoms with van der Waals surface area (Å²) in [5.74, 6) is -0.660. The molecular weight excluding hydrogens is 380 g/mol. The van der Waals surface area contributed by atoms with Gasteiger partial charge in [-0.05, 0) is 50.3 Å². The number of ketones is 1. The third-order valence-corrected chi connectivity index (χ3v) is 6.16. The van der Waals surface area contributed by atoms with Crippen LogP contribution in [0.1, 0.15) is 50.5 Å². The number of ether oxygens (including phenoxy) is 2. The van der Waals surface area contributed by atoms with Crippen molar-refractivity contribution in [2.75, 3.05) is 32.2 Å². The molecular formula is C24H30N2O4. The second kappa shape index (κ2) is 8.64. The van der Waals surface area contributed by atoms with Crippen LogP contribution in [0.25, 0.3) is 0 Å². The Kier molecular flexibility index (Phi) is 5.95. The van der Waals surface area contributed by atoms with Crippen LogP contribution in [0.15, 0.2) is 46.8 Å². The maximum absolute atomic E-state index is 13.2. The van der Waals surface area contributed by atoms with E-state index in [1.807, 2.05) is 50.2 Å². The highest BCUT2D eigenvalue weighted by molar-refractivity contribution is 6.03. The van der Waals surface area contributed by atoms with E-state index < -0.39 is 5.92 Å². The molecule has 0 bridgehead atoms. The van der Waals surface area contributed by atoms with Crippen LogP contribution in [0.4, 0.5) is 5.69 Å². The number of benzene rings is 1. The summed E-state index contributed by atoms with van der Waals surface area (Å²) in [5.41, 5.74) is 4.96. The molecule has 1 aromatic carbocycles. The summed E-state index contributed by atoms with van der Waals surface area (Å²) in [5, 5.41) is 3.34. The Bertz CT molecular complexity index is 892. The van der Waals surface area contributed by atoms with Gasteiger partial charge < -0.3 is 19.7 Å². The molecule has 1 aliphatic carbocycles. The first-order valence-corrected chi connectivity index (χ1v) is 10.8. The molecule has 2 aliphatic heterocycles. The molecule has 2 atom stereocenters. The number of hydrogen-bond acceptors (Lipinski definition) is 6. The van der Waals surface area contributed by atoms with Crippen LogP contribution < -0.4 is 10.2 Å². The van der Waals surface area contributed by atoms with Crippen LogP contribution in [-0.2, 0) is 19.1 Å². The predicted molar refractivity (Wildman–Crippen MR) is 115 cm³/mol. The van der Waals surface area contributed by atoms with E-state index in [1.165, 1.54) is 0 Å². The van der Waals surface area contributed by atoms with Crippen LogP contribution in [0.3, 0.4) is 0 Å². The van der Waals surface area contributed by atoms with Crippen molar-refractivity contribution in [3.63, 3.8) is 0 Å². The van der Waals surface area contributed by atoms with E-state index in [1.54, 1.807) is 0 Å². The van der Waals surface area contributed by atoms with Gasteiger partial charge >= 0.3 is 5.97 Å². The Labute approximate surface area is 177 Å². The zero-order valence-electron chi connectivity index (χ0n) is 18.0. The van der Waals surface area contributed by atoms with Gasteiger partial charge in [-0.15, -0.1) is 0 Å². The summed E-state index contributed by atoms with van der Waals surface area (Å²) in [6.45, 7) is 2.87. The lowest BCUT2D eigenvalue weighted by atomic mass is 9.75. The van der Waals surface area contributed by atoms with Gasteiger partial charge in [0.2, 0.25) is 0 Å². The molecule has 2 heterocycles. The molecule has 0 unspecified atom stereocenters. The fourth-order valence-electron chi connectivity index (χ4n) is 4.57. The van der Waals surface area contributed by atoms with E-state index in [4.69, 9.17) is 9.47 Å². The molecule has 1 aromatic rings. The van der Waals surface area contributed by atoms with Gasteiger partial charge in [-0.25, -0.2) is 4.79 Å². The lowest BCUT2D eigenvalue weighted by Gasteiger charge is -2.34. The lowest BCUT2D eigenvalue weighted by molar-refractivity contribution is -0.142. The normalized spacial score (nSPS) is 23.9. The fraction of sp³-hybridized carbons (Fsp3) is 0.500. The van der Waals surface area contributed by atoms with Gasteiger partial charge in [0.1, 0.15) is 6.61 Å². The molecule has 6 nitrogen and oxygen atoms in total. The quantitative estimate of drug-likeness (QED) is 0.750. The first-order valence-electron chi connectivity index (χ1n) is 10.8. The monoisotopic (exact) mass is 410 g/mol. The highest BCUT2D eigenvalue weighted by Gasteiger charge is 2.39. The molecule has 0 amide bonds. The van der Waals surface area contributed by atoms with Gasteiger partial charge in [-0.3, -0.25) is 4.79 Å². The summed E-state index contributed by atoms with van der Waals surface area (Å²) in [6, 6.07) is 8.07. The van der Waals surface area contributed by atoms with Gasteiger partial charge in [0.15, 0.2) is 5.78 Å². The second-order valence-corrected chi connectivity index (χ2v) is 8.49. The third kappa shape index (κ3) is 4.01. The molecule has 30 heavy (non-hydrogen) atoms. The van der Waals surface area contributed by atoms with E-state index in [9.17, 15) is 9.59 Å². The SMILES string of the molecule is CC1=C(C(=O)OC[C@H]2CCCO2)[C@H](c2ccc(N(C)C)cc2)C2=C(CCCC2=O)N1. The highest BCUT2D eigenvalue weighted by atomic mass is 16.6. The molecule has 1 saturated heterocycles. The molecule has 0 spiro atoms. The Morgan fingerprint density at radius 1 is 1.20 bits per heavy atom. The van der Waals surface area contributed by atoms with Crippen molar-refractivity contribution in [2.24, 2.45) is 0 Å². The van der Waals surface area contributed by atoms with Crippen LogP contribution in [0, 0.1) is 0 Å². The van der Waals surface area contributed by atoms with Crippen LogP contribution >= 0.6 is 0 Å². The first kappa shape index (κ1) is 20.7. The minimum Gasteiger partial charge on any atom is -0.459 e. The van der Waals surface area contributed by atoms with Crippen molar-refractivity contribution >= 4 is 17.4 Å². The molecule has 0 aromatic heterocycles. The number of carbonyl (C=O) groups excluding carboxylic acids is 2. The van der Waals surface area contributed by atoms with Crippen molar-refractivity contribution in [1.82, 2.24) is 5.32 Å². The second-order valence-electron chi connectivity index (χ2n) is 8.49. The number of esters is 1. The van der Waals surface area contributed by atoms with E-state index in [0.29, 0.717) is 17.6 Å². The Hall–Kier alpha value is -2.60. The summed E-state index contributed by atoms with van der Waals surface area (Å²) in [6.07, 6.45) is 4.05. The van der Waals surface area contributed by atoms with Crippen LogP contribution in [0.2, 0.25) is 0 Å². The number of nitrogens with zero attached hydrogens (tertiary/aromatic N) is 1. The summed E-state index contributed by atoms with van der Waals surface area (Å²) in [4.78, 5) is 28.1. The zero-order chi connectivity index (χ0) is 21.3. The smallest absolute Gasteiger partial charge is 0.336 e. The average Bonchev–Trinajstić information content (AvgIpc) is 3.25. The van der Waals surface area contributed by atoms with E-state index >= 15 is 0 Å². The lowest BCUT2D eigenvalue weighted by Crippen LogP contribution is -2.35. The van der Waals surface area contributed by atoms with Crippen molar-refractivity contribution in [2.45, 2.75) is 51.0 Å². The zero-order valence-corrected chi connectivity index (χ0v) is 18.0. The van der Waals surface area contributed by atoms with Crippen molar-refractivity contribution in [3.05, 3.63) is 52.4 Å². The van der Waals surface area contributed by atoms with E-state index in [-0.39, 0.29) is 24.5 Å².